The van der Waals surface area contributed by atoms with Gasteiger partial charge in [0.1, 0.15) is 0 Å². The van der Waals surface area contributed by atoms with Gasteiger partial charge in [0.2, 0.25) is 5.79 Å². The van der Waals surface area contributed by atoms with Crippen LogP contribution in [0.25, 0.3) is 0 Å². The standard InChI is InChI=1S/C26H40O5/c1-15-4-5-21-16(2)22(27-14-25-11-17-8-18(12-25)10-19(9-17)13-25)28-23-26(21)20(15)6-7-24(3,29-23)30-31-26/h15-23H,4-14H2,1-3H3/t15-,16-,17?,18?,19?,20+,21+,22-,23-,24+,25?,26-/m1/s1. The Hall–Kier alpha value is -0.200. The maximum absolute atomic E-state index is 6.73. The van der Waals surface area contributed by atoms with Gasteiger partial charge in [-0.1, -0.05) is 13.8 Å². The molecule has 0 N–H and O–H groups in total. The minimum absolute atomic E-state index is 0.200. The summed E-state index contributed by atoms with van der Waals surface area (Å²) in [6.45, 7) is 7.56. The van der Waals surface area contributed by atoms with Crippen molar-refractivity contribution in [2.75, 3.05) is 6.61 Å². The van der Waals surface area contributed by atoms with Crippen LogP contribution in [-0.4, -0.2) is 30.6 Å². The highest BCUT2D eigenvalue weighted by Gasteiger charge is 2.69. The zero-order valence-corrected chi connectivity index (χ0v) is 19.5. The Morgan fingerprint density at radius 3 is 2.29 bits per heavy atom. The number of hydrogen-bond acceptors (Lipinski definition) is 5. The summed E-state index contributed by atoms with van der Waals surface area (Å²) < 4.78 is 19.9. The van der Waals surface area contributed by atoms with Crippen molar-refractivity contribution < 1.29 is 24.0 Å². The van der Waals surface area contributed by atoms with Gasteiger partial charge in [-0.25, -0.2) is 9.78 Å². The summed E-state index contributed by atoms with van der Waals surface area (Å²) >= 11 is 0. The lowest BCUT2D eigenvalue weighted by Crippen LogP contribution is -2.70. The van der Waals surface area contributed by atoms with Crippen molar-refractivity contribution in [2.45, 2.75) is 109 Å². The maximum atomic E-state index is 6.73. The van der Waals surface area contributed by atoms with Gasteiger partial charge >= 0.3 is 0 Å². The van der Waals surface area contributed by atoms with Gasteiger partial charge < -0.3 is 14.2 Å². The second-order valence-corrected chi connectivity index (χ2v) is 13.0. The highest BCUT2D eigenvalue weighted by Crippen LogP contribution is 2.62. The van der Waals surface area contributed by atoms with E-state index in [2.05, 4.69) is 13.8 Å². The van der Waals surface area contributed by atoms with Crippen molar-refractivity contribution in [2.24, 2.45) is 46.8 Å². The summed E-state index contributed by atoms with van der Waals surface area (Å²) in [5, 5.41) is 0. The molecule has 0 aromatic carbocycles. The highest BCUT2D eigenvalue weighted by molar-refractivity contribution is 5.09. The molecule has 4 saturated heterocycles. The van der Waals surface area contributed by atoms with Crippen LogP contribution in [0.4, 0.5) is 0 Å². The Kier molecular flexibility index (Phi) is 4.36. The molecule has 5 saturated carbocycles. The first-order valence-electron chi connectivity index (χ1n) is 13.2. The lowest BCUT2D eigenvalue weighted by molar-refractivity contribution is -0.577. The molecule has 9 aliphatic rings. The number of ether oxygens (including phenoxy) is 3. The monoisotopic (exact) mass is 432 g/mol. The smallest absolute Gasteiger partial charge is 0.201 e. The van der Waals surface area contributed by atoms with Crippen molar-refractivity contribution in [1.82, 2.24) is 0 Å². The maximum Gasteiger partial charge on any atom is 0.201 e. The number of rotatable bonds is 3. The molecule has 4 aliphatic heterocycles. The normalized spacial score (nSPS) is 61.8. The summed E-state index contributed by atoms with van der Waals surface area (Å²) in [5.74, 6) is 3.83. The van der Waals surface area contributed by atoms with Crippen LogP contribution in [0.1, 0.15) is 85.0 Å². The lowest BCUT2D eigenvalue weighted by Gasteiger charge is -2.61. The van der Waals surface area contributed by atoms with E-state index in [0.29, 0.717) is 23.2 Å². The van der Waals surface area contributed by atoms with Gasteiger partial charge in [0.15, 0.2) is 18.2 Å². The molecule has 5 nitrogen and oxygen atoms in total. The fourth-order valence-corrected chi connectivity index (χ4v) is 9.79. The van der Waals surface area contributed by atoms with Gasteiger partial charge in [0, 0.05) is 18.3 Å². The van der Waals surface area contributed by atoms with Crippen molar-refractivity contribution in [1.29, 1.82) is 0 Å². The first kappa shape index (κ1) is 20.2. The third-order valence-corrected chi connectivity index (χ3v) is 10.8. The third kappa shape index (κ3) is 2.86. The Balaban J connectivity index is 1.14. The average Bonchev–Trinajstić information content (AvgIpc) is 2.95. The van der Waals surface area contributed by atoms with Crippen LogP contribution < -0.4 is 0 Å². The van der Waals surface area contributed by atoms with E-state index in [1.165, 1.54) is 44.9 Å². The minimum atomic E-state index is -0.706. The van der Waals surface area contributed by atoms with E-state index in [-0.39, 0.29) is 18.5 Å². The first-order chi connectivity index (χ1) is 14.9. The third-order valence-electron chi connectivity index (χ3n) is 10.8. The van der Waals surface area contributed by atoms with Crippen LogP contribution in [0.2, 0.25) is 0 Å². The predicted molar refractivity (Wildman–Crippen MR) is 113 cm³/mol. The van der Waals surface area contributed by atoms with E-state index >= 15 is 0 Å². The Bertz CT molecular complexity index is 704. The van der Waals surface area contributed by atoms with Crippen LogP contribution >= 0.6 is 0 Å². The molecule has 174 valence electrons. The molecule has 5 heteroatoms. The van der Waals surface area contributed by atoms with E-state index < -0.39 is 11.4 Å². The van der Waals surface area contributed by atoms with E-state index in [1.54, 1.807) is 0 Å². The molecular weight excluding hydrogens is 392 g/mol. The zero-order chi connectivity index (χ0) is 21.0. The summed E-state index contributed by atoms with van der Waals surface area (Å²) in [4.78, 5) is 12.2. The molecule has 8 atom stereocenters. The molecule has 0 unspecified atom stereocenters. The number of fused-ring (bicyclic) bond motifs is 2. The van der Waals surface area contributed by atoms with Gasteiger partial charge in [-0.2, -0.15) is 0 Å². The van der Waals surface area contributed by atoms with Gasteiger partial charge in [0.05, 0.1) is 6.61 Å². The summed E-state index contributed by atoms with van der Waals surface area (Å²) in [6, 6.07) is 0. The van der Waals surface area contributed by atoms with Gasteiger partial charge in [0.25, 0.3) is 0 Å². The molecule has 0 radical (unpaired) electrons. The molecule has 9 rings (SSSR count). The molecule has 5 aliphatic carbocycles. The van der Waals surface area contributed by atoms with Gasteiger partial charge in [-0.15, -0.1) is 0 Å². The fourth-order valence-electron chi connectivity index (χ4n) is 9.79. The quantitative estimate of drug-likeness (QED) is 0.557. The van der Waals surface area contributed by atoms with Crippen molar-refractivity contribution >= 4 is 0 Å². The molecule has 0 amide bonds. The highest BCUT2D eigenvalue weighted by atomic mass is 17.3. The molecule has 0 aromatic heterocycles. The van der Waals surface area contributed by atoms with E-state index in [0.717, 1.165) is 43.6 Å². The van der Waals surface area contributed by atoms with Gasteiger partial charge in [-0.3, -0.25) is 0 Å². The predicted octanol–water partition coefficient (Wildman–Crippen LogP) is 5.43. The summed E-state index contributed by atoms with van der Waals surface area (Å²) in [6.07, 6.45) is 12.3. The molecule has 9 fully saturated rings. The van der Waals surface area contributed by atoms with E-state index in [4.69, 9.17) is 24.0 Å². The largest absolute Gasteiger partial charge is 0.352 e. The first-order valence-corrected chi connectivity index (χ1v) is 13.2. The van der Waals surface area contributed by atoms with Crippen molar-refractivity contribution in [3.05, 3.63) is 0 Å². The molecule has 31 heavy (non-hydrogen) atoms. The molecule has 0 aromatic rings. The fraction of sp³-hybridized carbons (Fsp3) is 1.00. The van der Waals surface area contributed by atoms with Crippen LogP contribution in [0.3, 0.4) is 0 Å². The van der Waals surface area contributed by atoms with Crippen LogP contribution in [0.15, 0.2) is 0 Å². The SMILES string of the molecule is C[C@H]1[C@H](OCC23CC4CC(CC(C4)C2)C3)O[C@@H]2O[C@]3(C)CC[C@H]4[C@H](C)CC[C@@H]1[C@@]24OO3. The van der Waals surface area contributed by atoms with Gasteiger partial charge in [-0.05, 0) is 99.7 Å². The summed E-state index contributed by atoms with van der Waals surface area (Å²) in [5.41, 5.74) is -0.0703. The van der Waals surface area contributed by atoms with Crippen LogP contribution in [0.5, 0.6) is 0 Å². The Morgan fingerprint density at radius 2 is 1.58 bits per heavy atom. The summed E-state index contributed by atoms with van der Waals surface area (Å²) in [7, 11) is 0. The lowest BCUT2D eigenvalue weighted by atomic mass is 9.50. The minimum Gasteiger partial charge on any atom is -0.352 e. The molecular formula is C26H40O5. The molecule has 1 spiro atoms. The van der Waals surface area contributed by atoms with Crippen LogP contribution in [-0.2, 0) is 24.0 Å². The number of hydrogen-bond donors (Lipinski definition) is 0. The Labute approximate surface area is 186 Å². The second-order valence-electron chi connectivity index (χ2n) is 13.0. The zero-order valence-electron chi connectivity index (χ0n) is 19.5. The van der Waals surface area contributed by atoms with E-state index in [1.807, 2.05) is 6.92 Å². The second kappa shape index (κ2) is 6.69. The average molecular weight is 433 g/mol. The van der Waals surface area contributed by atoms with Crippen LogP contribution in [0, 0.1) is 46.8 Å². The Morgan fingerprint density at radius 1 is 0.871 bits per heavy atom. The molecule has 6 bridgehead atoms. The van der Waals surface area contributed by atoms with Crippen molar-refractivity contribution in [3.63, 3.8) is 0 Å². The molecule has 4 heterocycles. The van der Waals surface area contributed by atoms with Crippen molar-refractivity contribution in [3.8, 4) is 0 Å². The topological polar surface area (TPSA) is 46.2 Å². The van der Waals surface area contributed by atoms with E-state index in [9.17, 15) is 0 Å².